The minimum Gasteiger partial charge on any atom is -0.352 e. The molecule has 0 unspecified atom stereocenters. The van der Waals surface area contributed by atoms with Gasteiger partial charge in [-0.15, -0.1) is 0 Å². The van der Waals surface area contributed by atoms with E-state index in [-0.39, 0.29) is 17.4 Å². The Kier molecular flexibility index (Phi) is 6.73. The first-order chi connectivity index (χ1) is 14.1. The fraction of sp³-hybridized carbons (Fsp3) is 0.273. The zero-order chi connectivity index (χ0) is 20.6. The van der Waals surface area contributed by atoms with Gasteiger partial charge in [0.25, 0.3) is 11.5 Å². The summed E-state index contributed by atoms with van der Waals surface area (Å²) in [5, 5.41) is 6.18. The Bertz CT molecular complexity index is 1060. The Morgan fingerprint density at radius 3 is 2.59 bits per heavy atom. The average molecular weight is 392 g/mol. The van der Waals surface area contributed by atoms with Crippen molar-refractivity contribution >= 4 is 28.4 Å². The average Bonchev–Trinajstić information content (AvgIpc) is 2.72. The van der Waals surface area contributed by atoms with Gasteiger partial charge in [-0.05, 0) is 49.2 Å². The first kappa shape index (κ1) is 20.3. The molecule has 0 fully saturated rings. The highest BCUT2D eigenvalue weighted by atomic mass is 16.2. The van der Waals surface area contributed by atoms with E-state index in [2.05, 4.69) is 20.6 Å². The number of H-pyrrole nitrogens is 1. The van der Waals surface area contributed by atoms with E-state index in [1.807, 2.05) is 13.0 Å². The number of nitrogens with zero attached hydrogens (tertiary/aromatic N) is 1. The van der Waals surface area contributed by atoms with Crippen molar-refractivity contribution < 1.29 is 9.59 Å². The van der Waals surface area contributed by atoms with Gasteiger partial charge in [0, 0.05) is 30.6 Å². The number of nitrogens with one attached hydrogen (secondary N) is 3. The Hall–Kier alpha value is -3.48. The van der Waals surface area contributed by atoms with Gasteiger partial charge < -0.3 is 15.6 Å². The lowest BCUT2D eigenvalue weighted by Gasteiger charge is -2.07. The zero-order valence-corrected chi connectivity index (χ0v) is 16.3. The molecule has 0 radical (unpaired) electrons. The largest absolute Gasteiger partial charge is 0.352 e. The van der Waals surface area contributed by atoms with Crippen LogP contribution >= 0.6 is 0 Å². The summed E-state index contributed by atoms with van der Waals surface area (Å²) in [6.45, 7) is 2.63. The smallest absolute Gasteiger partial charge is 0.258 e. The van der Waals surface area contributed by atoms with Gasteiger partial charge in [0.05, 0.1) is 10.9 Å². The number of hydrogen-bond donors (Lipinski definition) is 3. The lowest BCUT2D eigenvalue weighted by molar-refractivity contribution is -0.116. The van der Waals surface area contributed by atoms with E-state index >= 15 is 0 Å². The Morgan fingerprint density at radius 2 is 1.83 bits per heavy atom. The molecule has 3 N–H and O–H groups in total. The Morgan fingerprint density at radius 1 is 1.07 bits per heavy atom. The van der Waals surface area contributed by atoms with Gasteiger partial charge in [-0.2, -0.15) is 0 Å². The molecule has 0 aliphatic heterocycles. The predicted molar refractivity (Wildman–Crippen MR) is 113 cm³/mol. The van der Waals surface area contributed by atoms with Crippen molar-refractivity contribution in [3.63, 3.8) is 0 Å². The molecule has 0 spiro atoms. The number of aromatic nitrogens is 2. The van der Waals surface area contributed by atoms with E-state index in [0.717, 1.165) is 6.42 Å². The molecule has 0 atom stereocenters. The molecule has 2 amide bonds. The summed E-state index contributed by atoms with van der Waals surface area (Å²) in [4.78, 5) is 43.3. The summed E-state index contributed by atoms with van der Waals surface area (Å²) in [5.41, 5.74) is 1.68. The second kappa shape index (κ2) is 9.64. The van der Waals surface area contributed by atoms with E-state index in [0.29, 0.717) is 53.8 Å². The van der Waals surface area contributed by atoms with Crippen LogP contribution in [0.2, 0.25) is 0 Å². The summed E-state index contributed by atoms with van der Waals surface area (Å²) in [5.74, 6) is 0.321. The van der Waals surface area contributed by atoms with Crippen molar-refractivity contribution in [2.24, 2.45) is 0 Å². The predicted octanol–water partition coefficient (Wildman–Crippen LogP) is 3.02. The normalized spacial score (nSPS) is 10.7. The Balaban J connectivity index is 1.50. The standard InChI is InChI=1S/C22H24N4O3/c1-2-14-23-21(28)15-10-12-16(13-11-15)24-20(27)9-5-8-19-25-18-7-4-3-6-17(18)22(29)26-19/h3-4,6-7,10-13H,2,5,8-9,14H2,1H3,(H,23,28)(H,24,27)(H,25,26,29). The number of fused-ring (bicyclic) bond motifs is 1. The van der Waals surface area contributed by atoms with E-state index in [1.54, 1.807) is 42.5 Å². The van der Waals surface area contributed by atoms with Gasteiger partial charge >= 0.3 is 0 Å². The maximum atomic E-state index is 12.2. The van der Waals surface area contributed by atoms with Crippen LogP contribution in [-0.2, 0) is 11.2 Å². The second-order valence-electron chi connectivity index (χ2n) is 6.76. The van der Waals surface area contributed by atoms with Gasteiger partial charge in [0.2, 0.25) is 5.91 Å². The lowest BCUT2D eigenvalue weighted by atomic mass is 10.1. The molecule has 0 saturated carbocycles. The van der Waals surface area contributed by atoms with E-state index in [1.165, 1.54) is 0 Å². The summed E-state index contributed by atoms with van der Waals surface area (Å²) in [7, 11) is 0. The van der Waals surface area contributed by atoms with Crippen molar-refractivity contribution in [3.8, 4) is 0 Å². The molecule has 3 rings (SSSR count). The molecule has 0 aliphatic rings. The van der Waals surface area contributed by atoms with Crippen molar-refractivity contribution in [3.05, 3.63) is 70.3 Å². The molecule has 2 aromatic carbocycles. The molecule has 7 heteroatoms. The molecular formula is C22H24N4O3. The third-order valence-corrected chi connectivity index (χ3v) is 4.45. The van der Waals surface area contributed by atoms with Crippen LogP contribution in [0.15, 0.2) is 53.3 Å². The molecule has 0 saturated heterocycles. The number of aromatic amines is 1. The molecule has 1 heterocycles. The third kappa shape index (κ3) is 5.51. The highest BCUT2D eigenvalue weighted by molar-refractivity contribution is 5.95. The quantitative estimate of drug-likeness (QED) is 0.548. The highest BCUT2D eigenvalue weighted by Gasteiger charge is 2.08. The topological polar surface area (TPSA) is 104 Å². The van der Waals surface area contributed by atoms with Crippen LogP contribution < -0.4 is 16.2 Å². The summed E-state index contributed by atoms with van der Waals surface area (Å²) < 4.78 is 0. The van der Waals surface area contributed by atoms with Crippen molar-refractivity contribution in [2.75, 3.05) is 11.9 Å². The number of anilines is 1. The van der Waals surface area contributed by atoms with E-state index in [4.69, 9.17) is 0 Å². The number of carbonyl (C=O) groups excluding carboxylic acids is 2. The molecule has 1 aromatic heterocycles. The minimum atomic E-state index is -0.168. The SMILES string of the molecule is CCCNC(=O)c1ccc(NC(=O)CCCc2nc3ccccc3c(=O)[nH]2)cc1. The van der Waals surface area contributed by atoms with Crippen LogP contribution in [0, 0.1) is 0 Å². The fourth-order valence-corrected chi connectivity index (χ4v) is 2.94. The minimum absolute atomic E-state index is 0.124. The molecule has 0 aliphatic carbocycles. The van der Waals surface area contributed by atoms with Crippen LogP contribution in [0.1, 0.15) is 42.4 Å². The van der Waals surface area contributed by atoms with Crippen molar-refractivity contribution in [1.29, 1.82) is 0 Å². The number of rotatable bonds is 8. The third-order valence-electron chi connectivity index (χ3n) is 4.45. The second-order valence-corrected chi connectivity index (χ2v) is 6.76. The number of benzene rings is 2. The monoisotopic (exact) mass is 392 g/mol. The number of amides is 2. The fourth-order valence-electron chi connectivity index (χ4n) is 2.94. The van der Waals surface area contributed by atoms with E-state index in [9.17, 15) is 14.4 Å². The first-order valence-electron chi connectivity index (χ1n) is 9.73. The Labute approximate surface area is 168 Å². The maximum Gasteiger partial charge on any atom is 0.258 e. The summed E-state index contributed by atoms with van der Waals surface area (Å²) in [6.07, 6.45) is 2.24. The van der Waals surface area contributed by atoms with Gasteiger partial charge in [0.15, 0.2) is 0 Å². The van der Waals surface area contributed by atoms with Gasteiger partial charge in [-0.3, -0.25) is 14.4 Å². The number of carbonyl (C=O) groups is 2. The van der Waals surface area contributed by atoms with Gasteiger partial charge in [0.1, 0.15) is 5.82 Å². The van der Waals surface area contributed by atoms with Crippen LogP contribution in [0.4, 0.5) is 5.69 Å². The molecule has 3 aromatic rings. The summed E-state index contributed by atoms with van der Waals surface area (Å²) in [6, 6.07) is 14.0. The lowest BCUT2D eigenvalue weighted by Crippen LogP contribution is -2.23. The van der Waals surface area contributed by atoms with Crippen LogP contribution in [0.3, 0.4) is 0 Å². The first-order valence-corrected chi connectivity index (χ1v) is 9.73. The van der Waals surface area contributed by atoms with Gasteiger partial charge in [-0.25, -0.2) is 4.98 Å². The molecule has 150 valence electrons. The van der Waals surface area contributed by atoms with Crippen LogP contribution in [0.5, 0.6) is 0 Å². The number of aryl methyl sites for hydroxylation is 1. The van der Waals surface area contributed by atoms with Crippen LogP contribution in [-0.4, -0.2) is 28.3 Å². The van der Waals surface area contributed by atoms with E-state index < -0.39 is 0 Å². The molecule has 7 nitrogen and oxygen atoms in total. The summed E-state index contributed by atoms with van der Waals surface area (Å²) >= 11 is 0. The molecular weight excluding hydrogens is 368 g/mol. The molecule has 0 bridgehead atoms. The highest BCUT2D eigenvalue weighted by Crippen LogP contribution is 2.11. The number of hydrogen-bond acceptors (Lipinski definition) is 4. The van der Waals surface area contributed by atoms with Crippen molar-refractivity contribution in [2.45, 2.75) is 32.6 Å². The maximum absolute atomic E-state index is 12.2. The van der Waals surface area contributed by atoms with Crippen molar-refractivity contribution in [1.82, 2.24) is 15.3 Å². The van der Waals surface area contributed by atoms with Gasteiger partial charge in [-0.1, -0.05) is 19.1 Å². The van der Waals surface area contributed by atoms with Crippen LogP contribution in [0.25, 0.3) is 10.9 Å². The zero-order valence-electron chi connectivity index (χ0n) is 16.3. The molecule has 29 heavy (non-hydrogen) atoms. The number of para-hydroxylation sites is 1.